The number of anilines is 1. The normalized spacial score (nSPS) is 15.6. The second-order valence-corrected chi connectivity index (χ2v) is 5.64. The molecule has 3 N–H and O–H groups in total. The monoisotopic (exact) mass is 336 g/mol. The molecule has 2 aromatic rings. The summed E-state index contributed by atoms with van der Waals surface area (Å²) in [5, 5.41) is 18.4. The van der Waals surface area contributed by atoms with Gasteiger partial charge in [-0.2, -0.15) is 9.78 Å². The summed E-state index contributed by atoms with van der Waals surface area (Å²) in [4.78, 5) is 17.3. The molecular weight excluding hydrogens is 316 g/mol. The van der Waals surface area contributed by atoms with E-state index in [-0.39, 0.29) is 5.56 Å². The fourth-order valence-corrected chi connectivity index (χ4v) is 2.63. The van der Waals surface area contributed by atoms with Gasteiger partial charge in [-0.1, -0.05) is 0 Å². The molecule has 0 radical (unpaired) electrons. The number of hydrogen-bond donors (Lipinski definition) is 3. The molecule has 0 spiro atoms. The van der Waals surface area contributed by atoms with Crippen LogP contribution in [0, 0.1) is 12.3 Å². The largest absolute Gasteiger partial charge is 0.393 e. The third-order valence-corrected chi connectivity index (χ3v) is 3.89. The summed E-state index contributed by atoms with van der Waals surface area (Å²) in [6, 6.07) is 3.70. The number of allylic oxidation sites excluding steroid dienone is 5. The average Bonchev–Trinajstić information content (AvgIpc) is 2.61. The fourth-order valence-electron chi connectivity index (χ4n) is 2.63. The first kappa shape index (κ1) is 16.6. The van der Waals surface area contributed by atoms with E-state index in [9.17, 15) is 4.79 Å². The maximum Gasteiger partial charge on any atom is 0.276 e. The lowest BCUT2D eigenvalue weighted by molar-refractivity contribution is 0.845. The molecule has 25 heavy (non-hydrogen) atoms. The van der Waals surface area contributed by atoms with Crippen LogP contribution in [-0.4, -0.2) is 34.1 Å². The van der Waals surface area contributed by atoms with Crippen molar-refractivity contribution in [1.29, 1.82) is 5.41 Å². The van der Waals surface area contributed by atoms with Gasteiger partial charge in [0.2, 0.25) is 0 Å². The third kappa shape index (κ3) is 3.08. The molecule has 2 aromatic heterocycles. The number of hydrogen-bond acceptors (Lipinski definition) is 6. The molecule has 0 aliphatic heterocycles. The van der Waals surface area contributed by atoms with Crippen LogP contribution in [-0.2, 0) is 0 Å². The van der Waals surface area contributed by atoms with E-state index in [0.717, 1.165) is 12.4 Å². The van der Waals surface area contributed by atoms with E-state index in [1.807, 2.05) is 19.1 Å². The summed E-state index contributed by atoms with van der Waals surface area (Å²) in [6.07, 6.45) is 6.85. The van der Waals surface area contributed by atoms with Gasteiger partial charge in [0.05, 0.1) is 11.4 Å². The van der Waals surface area contributed by atoms with E-state index in [2.05, 4.69) is 20.7 Å². The van der Waals surface area contributed by atoms with E-state index in [4.69, 9.17) is 5.41 Å². The standard InChI is InChI=1S/C18H20N6O/c1-4-21-16-8-7-15-17(22-16)11(2)18(25)24(23-15)13-5-6-14(19)12(9-13)10-20-3/h5-10,19-20H,4H2,1-3H3,(H,21,22)/b12-10-,19-14?. The zero-order valence-electron chi connectivity index (χ0n) is 14.4. The van der Waals surface area contributed by atoms with Crippen molar-refractivity contribution in [2.24, 2.45) is 0 Å². The Morgan fingerprint density at radius 1 is 1.32 bits per heavy atom. The van der Waals surface area contributed by atoms with Crippen LogP contribution in [0.3, 0.4) is 0 Å². The van der Waals surface area contributed by atoms with E-state index in [0.29, 0.717) is 33.6 Å². The Bertz CT molecular complexity index is 997. The predicted molar refractivity (Wildman–Crippen MR) is 101 cm³/mol. The Kier molecular flexibility index (Phi) is 4.47. The van der Waals surface area contributed by atoms with E-state index < -0.39 is 0 Å². The highest BCUT2D eigenvalue weighted by Gasteiger charge is 2.15. The van der Waals surface area contributed by atoms with Gasteiger partial charge in [-0.25, -0.2) is 4.98 Å². The first-order valence-corrected chi connectivity index (χ1v) is 8.06. The van der Waals surface area contributed by atoms with Crippen LogP contribution in [0.4, 0.5) is 5.82 Å². The molecule has 0 unspecified atom stereocenters. The first-order valence-electron chi connectivity index (χ1n) is 8.06. The van der Waals surface area contributed by atoms with Gasteiger partial charge in [0.1, 0.15) is 16.9 Å². The van der Waals surface area contributed by atoms with Gasteiger partial charge in [0, 0.05) is 30.9 Å². The van der Waals surface area contributed by atoms with E-state index in [1.54, 1.807) is 38.4 Å². The lowest BCUT2D eigenvalue weighted by Crippen LogP contribution is -2.25. The van der Waals surface area contributed by atoms with Crippen LogP contribution in [0.2, 0.25) is 0 Å². The van der Waals surface area contributed by atoms with Crippen molar-refractivity contribution in [2.75, 3.05) is 18.9 Å². The van der Waals surface area contributed by atoms with Crippen LogP contribution in [0.15, 0.2) is 46.9 Å². The molecule has 7 heteroatoms. The molecule has 0 amide bonds. The number of aromatic nitrogens is 3. The number of fused-ring (bicyclic) bond motifs is 1. The second kappa shape index (κ2) is 6.72. The Labute approximate surface area is 145 Å². The predicted octanol–water partition coefficient (Wildman–Crippen LogP) is 2.07. The molecule has 0 saturated heterocycles. The highest BCUT2D eigenvalue weighted by atomic mass is 16.1. The zero-order valence-corrected chi connectivity index (χ0v) is 14.4. The second-order valence-electron chi connectivity index (χ2n) is 5.64. The molecule has 0 fully saturated rings. The summed E-state index contributed by atoms with van der Waals surface area (Å²) in [6.45, 7) is 4.50. The lowest BCUT2D eigenvalue weighted by atomic mass is 10.0. The Hall–Kier alpha value is -3.22. The molecule has 0 bridgehead atoms. The number of nitrogens with zero attached hydrogens (tertiary/aromatic N) is 3. The van der Waals surface area contributed by atoms with Crippen LogP contribution in [0.25, 0.3) is 16.7 Å². The topological polar surface area (TPSA) is 95.7 Å². The van der Waals surface area contributed by atoms with Gasteiger partial charge in [-0.3, -0.25) is 4.79 Å². The van der Waals surface area contributed by atoms with Gasteiger partial charge >= 0.3 is 0 Å². The Morgan fingerprint density at radius 3 is 2.84 bits per heavy atom. The number of nitrogens with one attached hydrogen (secondary N) is 3. The first-order chi connectivity index (χ1) is 12.0. The summed E-state index contributed by atoms with van der Waals surface area (Å²) in [5.74, 6) is 0.724. The zero-order chi connectivity index (χ0) is 18.0. The van der Waals surface area contributed by atoms with Crippen molar-refractivity contribution in [1.82, 2.24) is 20.1 Å². The van der Waals surface area contributed by atoms with Gasteiger partial charge in [-0.05, 0) is 44.2 Å². The van der Waals surface area contributed by atoms with E-state index in [1.165, 1.54) is 4.68 Å². The van der Waals surface area contributed by atoms with Crippen molar-refractivity contribution in [3.63, 3.8) is 0 Å². The summed E-state index contributed by atoms with van der Waals surface area (Å²) in [7, 11) is 1.77. The number of rotatable bonds is 4. The summed E-state index contributed by atoms with van der Waals surface area (Å²) >= 11 is 0. The average molecular weight is 336 g/mol. The van der Waals surface area contributed by atoms with Crippen molar-refractivity contribution in [2.45, 2.75) is 13.8 Å². The maximum absolute atomic E-state index is 12.8. The minimum absolute atomic E-state index is 0.221. The van der Waals surface area contributed by atoms with Gasteiger partial charge in [0.25, 0.3) is 5.56 Å². The number of pyridine rings is 1. The molecule has 1 aliphatic carbocycles. The van der Waals surface area contributed by atoms with E-state index >= 15 is 0 Å². The minimum atomic E-state index is -0.221. The quantitative estimate of drug-likeness (QED) is 0.794. The molecule has 0 saturated carbocycles. The molecular formula is C18H20N6O. The Balaban J connectivity index is 2.17. The van der Waals surface area contributed by atoms with Crippen molar-refractivity contribution in [3.05, 3.63) is 58.1 Å². The fraction of sp³-hybridized carbons (Fsp3) is 0.222. The number of aryl methyl sites for hydroxylation is 1. The van der Waals surface area contributed by atoms with Gasteiger partial charge in [0.15, 0.2) is 0 Å². The molecule has 3 rings (SSSR count). The molecule has 1 aliphatic rings. The SMILES string of the molecule is CCNc1ccc2nn(C3=C/C(=C/NC)C(=N)C=C3)c(=O)c(C)c2n1. The minimum Gasteiger partial charge on any atom is -0.393 e. The third-order valence-electron chi connectivity index (χ3n) is 3.89. The molecule has 7 nitrogen and oxygen atoms in total. The maximum atomic E-state index is 12.8. The van der Waals surface area contributed by atoms with Crippen molar-refractivity contribution < 1.29 is 0 Å². The lowest BCUT2D eigenvalue weighted by Gasteiger charge is -2.14. The summed E-state index contributed by atoms with van der Waals surface area (Å²) in [5.41, 5.74) is 3.24. The van der Waals surface area contributed by atoms with Gasteiger partial charge < -0.3 is 16.0 Å². The Morgan fingerprint density at radius 2 is 2.12 bits per heavy atom. The molecule has 0 aromatic carbocycles. The molecule has 0 atom stereocenters. The molecule has 128 valence electrons. The van der Waals surface area contributed by atoms with Crippen LogP contribution < -0.4 is 16.2 Å². The van der Waals surface area contributed by atoms with Crippen LogP contribution in [0.1, 0.15) is 12.5 Å². The highest BCUT2D eigenvalue weighted by molar-refractivity contribution is 6.11. The van der Waals surface area contributed by atoms with Crippen molar-refractivity contribution >= 4 is 28.3 Å². The summed E-state index contributed by atoms with van der Waals surface area (Å²) < 4.78 is 1.36. The van der Waals surface area contributed by atoms with Crippen LogP contribution in [0.5, 0.6) is 0 Å². The smallest absolute Gasteiger partial charge is 0.276 e. The molecule has 2 heterocycles. The van der Waals surface area contributed by atoms with Crippen molar-refractivity contribution in [3.8, 4) is 0 Å². The van der Waals surface area contributed by atoms with Gasteiger partial charge in [-0.15, -0.1) is 0 Å². The van der Waals surface area contributed by atoms with Crippen LogP contribution >= 0.6 is 0 Å². The highest BCUT2D eigenvalue weighted by Crippen LogP contribution is 2.19.